The Balaban J connectivity index is 1.33. The monoisotopic (exact) mass is 482 g/mol. The summed E-state index contributed by atoms with van der Waals surface area (Å²) < 4.78 is 25.5. The van der Waals surface area contributed by atoms with E-state index in [2.05, 4.69) is 17.1 Å². The van der Waals surface area contributed by atoms with Crippen molar-refractivity contribution in [3.05, 3.63) is 66.0 Å². The Morgan fingerprint density at radius 2 is 1.50 bits per heavy atom. The zero-order valence-corrected chi connectivity index (χ0v) is 20.2. The van der Waals surface area contributed by atoms with Crippen LogP contribution in [0.4, 0.5) is 0 Å². The van der Waals surface area contributed by atoms with Crippen LogP contribution in [0.1, 0.15) is 24.2 Å². The van der Waals surface area contributed by atoms with E-state index in [0.29, 0.717) is 43.9 Å². The van der Waals surface area contributed by atoms with Crippen molar-refractivity contribution in [3.63, 3.8) is 0 Å². The van der Waals surface area contributed by atoms with Gasteiger partial charge in [0.25, 0.3) is 0 Å². The number of amides is 2. The van der Waals surface area contributed by atoms with Crippen molar-refractivity contribution >= 4 is 32.7 Å². The van der Waals surface area contributed by atoms with Crippen molar-refractivity contribution in [1.82, 2.24) is 19.4 Å². The molecule has 1 aliphatic rings. The first-order valence-electron chi connectivity index (χ1n) is 11.5. The van der Waals surface area contributed by atoms with Crippen LogP contribution in [0.3, 0.4) is 0 Å². The molecule has 1 saturated heterocycles. The molecule has 0 bridgehead atoms. The van der Waals surface area contributed by atoms with Crippen LogP contribution in [-0.4, -0.2) is 72.0 Å². The molecule has 9 heteroatoms. The molecule has 0 atom stereocenters. The Kier molecular flexibility index (Phi) is 7.31. The maximum Gasteiger partial charge on any atom is 0.242 e. The predicted octanol–water partition coefficient (Wildman–Crippen LogP) is 2.27. The van der Waals surface area contributed by atoms with Gasteiger partial charge in [-0.05, 0) is 30.5 Å². The quantitative estimate of drug-likeness (QED) is 0.491. The van der Waals surface area contributed by atoms with Gasteiger partial charge in [0.05, 0.1) is 11.0 Å². The minimum absolute atomic E-state index is 0.0242. The summed E-state index contributed by atoms with van der Waals surface area (Å²) >= 11 is 0. The molecule has 2 amide bonds. The van der Waals surface area contributed by atoms with Gasteiger partial charge >= 0.3 is 0 Å². The molecule has 34 heavy (non-hydrogen) atoms. The third-order valence-corrected chi connectivity index (χ3v) is 6.88. The summed E-state index contributed by atoms with van der Waals surface area (Å²) in [5, 5.41) is 0. The topological polar surface area (TPSA) is 92.6 Å². The van der Waals surface area contributed by atoms with E-state index in [4.69, 9.17) is 0 Å². The maximum atomic E-state index is 13.1. The molecule has 0 N–H and O–H groups in total. The smallest absolute Gasteiger partial charge is 0.242 e. The fourth-order valence-electron chi connectivity index (χ4n) is 4.33. The molecule has 0 saturated carbocycles. The van der Waals surface area contributed by atoms with Gasteiger partial charge in [-0.25, -0.2) is 13.4 Å². The number of benzene rings is 2. The number of carbonyl (C=O) groups excluding carboxylic acids is 2. The second kappa shape index (κ2) is 10.4. The molecule has 1 aliphatic heterocycles. The molecule has 0 radical (unpaired) electrons. The molecule has 0 spiro atoms. The van der Waals surface area contributed by atoms with Gasteiger partial charge in [0.1, 0.15) is 18.1 Å². The van der Waals surface area contributed by atoms with Crippen LogP contribution in [0.15, 0.2) is 54.6 Å². The zero-order chi connectivity index (χ0) is 24.1. The van der Waals surface area contributed by atoms with E-state index in [1.165, 1.54) is 5.56 Å². The molecular weight excluding hydrogens is 452 g/mol. The molecule has 2 aromatic carbocycles. The number of aryl methyl sites for hydroxylation is 1. The summed E-state index contributed by atoms with van der Waals surface area (Å²) in [7, 11) is -3.30. The second-order valence-electron chi connectivity index (χ2n) is 8.77. The third kappa shape index (κ3) is 6.02. The normalized spacial score (nSPS) is 14.5. The second-order valence-corrected chi connectivity index (χ2v) is 10.9. The van der Waals surface area contributed by atoms with E-state index in [1.807, 2.05) is 47.4 Å². The molecule has 1 fully saturated rings. The number of hydrogen-bond acceptors (Lipinski definition) is 5. The molecule has 0 unspecified atom stereocenters. The Bertz CT molecular complexity index is 1260. The lowest BCUT2D eigenvalue weighted by atomic mass is 10.1. The van der Waals surface area contributed by atoms with Crippen molar-refractivity contribution < 1.29 is 18.0 Å². The zero-order valence-electron chi connectivity index (χ0n) is 19.4. The lowest BCUT2D eigenvalue weighted by Gasteiger charge is -2.35. The Morgan fingerprint density at radius 1 is 0.882 bits per heavy atom. The van der Waals surface area contributed by atoms with Crippen LogP contribution in [0.5, 0.6) is 0 Å². The highest BCUT2D eigenvalue weighted by atomic mass is 32.2. The number of para-hydroxylation sites is 2. The van der Waals surface area contributed by atoms with E-state index in [-0.39, 0.29) is 24.1 Å². The number of nitrogens with zero attached hydrogens (tertiary/aromatic N) is 4. The summed E-state index contributed by atoms with van der Waals surface area (Å²) in [4.78, 5) is 33.7. The highest BCUT2D eigenvalue weighted by Crippen LogP contribution is 2.18. The van der Waals surface area contributed by atoms with E-state index < -0.39 is 9.84 Å². The van der Waals surface area contributed by atoms with Gasteiger partial charge in [-0.15, -0.1) is 0 Å². The summed E-state index contributed by atoms with van der Waals surface area (Å²) in [6.07, 6.45) is 3.34. The standard InChI is InChI=1S/C25H30N4O4S/c1-34(32,33)19-23-26-21-11-5-6-12-22(21)29(23)18-25(31)28-16-14-27(15-17-28)24(30)13-7-10-20-8-3-2-4-9-20/h2-6,8-9,11-12H,7,10,13-19H2,1H3. The largest absolute Gasteiger partial charge is 0.339 e. The van der Waals surface area contributed by atoms with Crippen molar-refractivity contribution in [3.8, 4) is 0 Å². The molecule has 1 aromatic heterocycles. The molecule has 180 valence electrons. The lowest BCUT2D eigenvalue weighted by molar-refractivity contribution is -0.139. The first kappa shape index (κ1) is 23.9. The summed E-state index contributed by atoms with van der Waals surface area (Å²) in [6, 6.07) is 17.5. The van der Waals surface area contributed by atoms with Crippen molar-refractivity contribution in [2.24, 2.45) is 0 Å². The van der Waals surface area contributed by atoms with Crippen LogP contribution >= 0.6 is 0 Å². The van der Waals surface area contributed by atoms with Gasteiger partial charge in [-0.2, -0.15) is 0 Å². The third-order valence-electron chi connectivity index (χ3n) is 6.10. The summed E-state index contributed by atoms with van der Waals surface area (Å²) in [6.45, 7) is 1.98. The fourth-order valence-corrected chi connectivity index (χ4v) is 5.02. The predicted molar refractivity (Wildman–Crippen MR) is 131 cm³/mol. The Labute approximate surface area is 200 Å². The van der Waals surface area contributed by atoms with Gasteiger partial charge in [-0.1, -0.05) is 42.5 Å². The van der Waals surface area contributed by atoms with Crippen LogP contribution in [0.25, 0.3) is 11.0 Å². The maximum absolute atomic E-state index is 13.1. The first-order chi connectivity index (χ1) is 16.3. The first-order valence-corrected chi connectivity index (χ1v) is 13.6. The number of piperazine rings is 1. The molecule has 2 heterocycles. The van der Waals surface area contributed by atoms with Crippen LogP contribution in [0, 0.1) is 0 Å². The van der Waals surface area contributed by atoms with Gasteiger partial charge in [0.15, 0.2) is 9.84 Å². The van der Waals surface area contributed by atoms with E-state index in [0.717, 1.165) is 24.6 Å². The van der Waals surface area contributed by atoms with Crippen molar-refractivity contribution in [2.45, 2.75) is 31.6 Å². The van der Waals surface area contributed by atoms with Gasteiger partial charge in [-0.3, -0.25) is 9.59 Å². The average molecular weight is 483 g/mol. The molecular formula is C25H30N4O4S. The molecule has 0 aliphatic carbocycles. The SMILES string of the molecule is CS(=O)(=O)Cc1nc2ccccc2n1CC(=O)N1CCN(C(=O)CCCc2ccccc2)CC1. The van der Waals surface area contributed by atoms with Gasteiger partial charge < -0.3 is 14.4 Å². The van der Waals surface area contributed by atoms with Crippen LogP contribution in [0.2, 0.25) is 0 Å². The van der Waals surface area contributed by atoms with Crippen LogP contribution in [-0.2, 0) is 38.1 Å². The number of imidazole rings is 1. The number of carbonyl (C=O) groups is 2. The highest BCUT2D eigenvalue weighted by molar-refractivity contribution is 7.89. The minimum atomic E-state index is -3.30. The molecule has 4 rings (SSSR count). The van der Waals surface area contributed by atoms with Crippen molar-refractivity contribution in [1.29, 1.82) is 0 Å². The van der Waals surface area contributed by atoms with E-state index in [1.54, 1.807) is 9.47 Å². The van der Waals surface area contributed by atoms with E-state index in [9.17, 15) is 18.0 Å². The van der Waals surface area contributed by atoms with Crippen LogP contribution < -0.4 is 0 Å². The number of rotatable bonds is 8. The number of fused-ring (bicyclic) bond motifs is 1. The lowest BCUT2D eigenvalue weighted by Crippen LogP contribution is -2.51. The van der Waals surface area contributed by atoms with Crippen molar-refractivity contribution in [2.75, 3.05) is 32.4 Å². The Hall–Kier alpha value is -3.20. The average Bonchev–Trinajstić information content (AvgIpc) is 3.15. The Morgan fingerprint density at radius 3 is 2.18 bits per heavy atom. The summed E-state index contributed by atoms with van der Waals surface area (Å²) in [5.41, 5.74) is 2.63. The number of hydrogen-bond donors (Lipinski definition) is 0. The highest BCUT2D eigenvalue weighted by Gasteiger charge is 2.25. The number of sulfone groups is 1. The van der Waals surface area contributed by atoms with Gasteiger partial charge in [0.2, 0.25) is 11.8 Å². The number of aromatic nitrogens is 2. The minimum Gasteiger partial charge on any atom is -0.339 e. The van der Waals surface area contributed by atoms with Gasteiger partial charge in [0, 0.05) is 38.9 Å². The summed E-state index contributed by atoms with van der Waals surface area (Å²) in [5.74, 6) is 0.165. The fraction of sp³-hybridized carbons (Fsp3) is 0.400. The molecule has 8 nitrogen and oxygen atoms in total. The molecule has 3 aromatic rings. The van der Waals surface area contributed by atoms with E-state index >= 15 is 0 Å².